The van der Waals surface area contributed by atoms with Crippen LogP contribution < -0.4 is 18.9 Å². The normalized spacial score (nSPS) is 23.8. The maximum atomic E-state index is 12.1. The fourth-order valence-corrected chi connectivity index (χ4v) is 7.47. The summed E-state index contributed by atoms with van der Waals surface area (Å²) >= 11 is 0. The lowest BCUT2D eigenvalue weighted by atomic mass is 9.78. The van der Waals surface area contributed by atoms with Crippen LogP contribution in [-0.2, 0) is 40.3 Å². The van der Waals surface area contributed by atoms with Gasteiger partial charge in [-0.15, -0.1) is 0 Å². The molecule has 4 atom stereocenters. The van der Waals surface area contributed by atoms with Crippen LogP contribution in [0.1, 0.15) is 137 Å². The summed E-state index contributed by atoms with van der Waals surface area (Å²) in [6.45, 7) is 15.6. The minimum atomic E-state index is -0.431. The van der Waals surface area contributed by atoms with E-state index >= 15 is 0 Å². The van der Waals surface area contributed by atoms with E-state index in [0.717, 1.165) is 78.6 Å². The largest absolute Gasteiger partial charge is 0.496 e. The standard InChI is InChI=1S/C25H34O4.C17H20O5.CH4/c1-16(2)9-7-10-17(3)11-8-12-25(5)18(4)13-20-22(27-6)14-19-21(23(20)29-25)15-28-24(19)26;1-10-7-12-14(20-3)8-11-13(9-21-16(11)19)15(12)22-17(10,2)5-4-6-18;/h9,11,14,18H,7-8,10,12-13,15H2,1-6H3;6,8,10H,4-5,7,9H2,1-3H3;1H4/b17-11+;;/t18-,25-;10-,17-;/m00./s1. The minimum Gasteiger partial charge on any atom is -0.496 e. The summed E-state index contributed by atoms with van der Waals surface area (Å²) in [4.78, 5) is 34.6. The highest BCUT2D eigenvalue weighted by Crippen LogP contribution is 2.49. The highest BCUT2D eigenvalue weighted by atomic mass is 16.6. The van der Waals surface area contributed by atoms with Crippen LogP contribution in [-0.4, -0.2) is 43.6 Å². The van der Waals surface area contributed by atoms with Crippen molar-refractivity contribution in [1.29, 1.82) is 0 Å². The third kappa shape index (κ3) is 8.18. The summed E-state index contributed by atoms with van der Waals surface area (Å²) in [5.74, 6) is 2.84. The topological polar surface area (TPSA) is 107 Å². The van der Waals surface area contributed by atoms with Gasteiger partial charge in [0, 0.05) is 28.7 Å². The lowest BCUT2D eigenvalue weighted by molar-refractivity contribution is -0.109. The number of aldehydes is 1. The number of esters is 2. The third-order valence-electron chi connectivity index (χ3n) is 11.2. The van der Waals surface area contributed by atoms with Gasteiger partial charge in [-0.25, -0.2) is 9.59 Å². The maximum Gasteiger partial charge on any atom is 0.339 e. The van der Waals surface area contributed by atoms with Crippen LogP contribution in [0.4, 0.5) is 0 Å². The first-order valence-corrected chi connectivity index (χ1v) is 18.2. The van der Waals surface area contributed by atoms with Gasteiger partial charge in [-0.05, 0) is 104 Å². The first kappa shape index (κ1) is 40.5. The molecule has 284 valence electrons. The average molecular weight is 719 g/mol. The molecule has 2 aromatic carbocycles. The molecular formula is C43H58O9. The monoisotopic (exact) mass is 718 g/mol. The van der Waals surface area contributed by atoms with Crippen molar-refractivity contribution >= 4 is 18.2 Å². The van der Waals surface area contributed by atoms with Crippen LogP contribution >= 0.6 is 0 Å². The Hall–Kier alpha value is -4.27. The molecule has 4 aliphatic heterocycles. The second-order valence-electron chi connectivity index (χ2n) is 15.1. The number of ether oxygens (including phenoxy) is 6. The molecule has 0 unspecified atom stereocenters. The molecule has 4 heterocycles. The van der Waals surface area contributed by atoms with Crippen LogP contribution in [0.25, 0.3) is 0 Å². The lowest BCUT2D eigenvalue weighted by Gasteiger charge is -2.42. The Morgan fingerprint density at radius 3 is 1.63 bits per heavy atom. The van der Waals surface area contributed by atoms with Crippen molar-refractivity contribution < 1.29 is 42.8 Å². The molecule has 0 aromatic heterocycles. The molecule has 0 amide bonds. The number of allylic oxidation sites excluding steroid dienone is 4. The third-order valence-corrected chi connectivity index (χ3v) is 11.2. The van der Waals surface area contributed by atoms with Gasteiger partial charge in [0.25, 0.3) is 0 Å². The first-order valence-electron chi connectivity index (χ1n) is 18.2. The molecular weight excluding hydrogens is 660 g/mol. The van der Waals surface area contributed by atoms with Crippen LogP contribution in [0.15, 0.2) is 35.4 Å². The number of cyclic esters (lactones) is 2. The van der Waals surface area contributed by atoms with Gasteiger partial charge in [0.15, 0.2) is 0 Å². The highest BCUT2D eigenvalue weighted by molar-refractivity contribution is 5.96. The van der Waals surface area contributed by atoms with Crippen LogP contribution in [0, 0.1) is 11.8 Å². The Balaban J connectivity index is 0.000000236. The van der Waals surface area contributed by atoms with Crippen molar-refractivity contribution in [3.63, 3.8) is 0 Å². The zero-order chi connectivity index (χ0) is 37.1. The zero-order valence-corrected chi connectivity index (χ0v) is 31.8. The molecule has 52 heavy (non-hydrogen) atoms. The van der Waals surface area contributed by atoms with Crippen molar-refractivity contribution in [3.8, 4) is 23.0 Å². The number of carbonyl (C=O) groups is 3. The molecule has 0 aliphatic carbocycles. The summed E-state index contributed by atoms with van der Waals surface area (Å²) in [7, 11) is 3.23. The second-order valence-corrected chi connectivity index (χ2v) is 15.1. The van der Waals surface area contributed by atoms with E-state index in [4.69, 9.17) is 28.4 Å². The molecule has 0 saturated heterocycles. The number of hydrogen-bond acceptors (Lipinski definition) is 9. The molecule has 4 aliphatic rings. The predicted octanol–water partition coefficient (Wildman–Crippen LogP) is 9.48. The van der Waals surface area contributed by atoms with Gasteiger partial charge in [0.2, 0.25) is 0 Å². The van der Waals surface area contributed by atoms with Crippen molar-refractivity contribution in [2.45, 2.75) is 132 Å². The number of benzene rings is 2. The van der Waals surface area contributed by atoms with E-state index in [1.807, 2.05) is 6.92 Å². The van der Waals surface area contributed by atoms with E-state index in [1.54, 1.807) is 26.4 Å². The van der Waals surface area contributed by atoms with Crippen molar-refractivity contribution in [3.05, 3.63) is 68.8 Å². The molecule has 0 saturated carbocycles. The predicted molar refractivity (Wildman–Crippen MR) is 202 cm³/mol. The van der Waals surface area contributed by atoms with E-state index in [9.17, 15) is 14.4 Å². The first-order chi connectivity index (χ1) is 24.2. The number of rotatable bonds is 11. The van der Waals surface area contributed by atoms with Gasteiger partial charge in [-0.2, -0.15) is 0 Å². The fourth-order valence-electron chi connectivity index (χ4n) is 7.47. The molecule has 0 N–H and O–H groups in total. The number of hydrogen-bond donors (Lipinski definition) is 0. The molecule has 0 bridgehead atoms. The maximum absolute atomic E-state index is 12.1. The van der Waals surface area contributed by atoms with Gasteiger partial charge in [-0.3, -0.25) is 0 Å². The summed E-state index contributed by atoms with van der Waals surface area (Å²) < 4.78 is 34.3. The Morgan fingerprint density at radius 2 is 1.21 bits per heavy atom. The molecule has 0 radical (unpaired) electrons. The van der Waals surface area contributed by atoms with E-state index in [0.29, 0.717) is 41.4 Å². The molecule has 0 fully saturated rings. The molecule has 6 rings (SSSR count). The van der Waals surface area contributed by atoms with Gasteiger partial charge in [0.05, 0.1) is 25.3 Å². The fraction of sp³-hybridized carbons (Fsp3) is 0.558. The lowest BCUT2D eigenvalue weighted by Crippen LogP contribution is -2.44. The Labute approximate surface area is 310 Å². The molecule has 9 nitrogen and oxygen atoms in total. The van der Waals surface area contributed by atoms with Crippen LogP contribution in [0.3, 0.4) is 0 Å². The Morgan fingerprint density at radius 1 is 0.750 bits per heavy atom. The quantitative estimate of drug-likeness (QED) is 0.128. The number of methoxy groups -OCH3 is 2. The summed E-state index contributed by atoms with van der Waals surface area (Å²) in [5.41, 5.74) is 6.89. The van der Waals surface area contributed by atoms with E-state index in [2.05, 4.69) is 53.7 Å². The van der Waals surface area contributed by atoms with Crippen molar-refractivity contribution in [1.82, 2.24) is 0 Å². The molecule has 0 spiro atoms. The zero-order valence-electron chi connectivity index (χ0n) is 31.8. The van der Waals surface area contributed by atoms with Gasteiger partial charge in [-0.1, -0.05) is 44.6 Å². The Kier molecular flexibility index (Phi) is 12.9. The van der Waals surface area contributed by atoms with Crippen molar-refractivity contribution in [2.24, 2.45) is 11.8 Å². The van der Waals surface area contributed by atoms with Gasteiger partial charge >= 0.3 is 11.9 Å². The number of fused-ring (bicyclic) bond motifs is 6. The van der Waals surface area contributed by atoms with Crippen LogP contribution in [0.2, 0.25) is 0 Å². The van der Waals surface area contributed by atoms with Gasteiger partial charge in [0.1, 0.15) is 53.7 Å². The highest BCUT2D eigenvalue weighted by Gasteiger charge is 2.43. The van der Waals surface area contributed by atoms with E-state index < -0.39 is 5.60 Å². The SMILES string of the molecule is C.COc1cc2c(c3c1C[C@H](C)[C@](C)(CC/C=C(\C)CCC=C(C)C)O3)COC2=O.COc1cc2c(c3c1C[C@H](C)[C@](C)(CCC=O)O3)COC2=O. The average Bonchev–Trinajstić information content (AvgIpc) is 3.66. The van der Waals surface area contributed by atoms with Crippen molar-refractivity contribution in [2.75, 3.05) is 14.2 Å². The smallest absolute Gasteiger partial charge is 0.339 e. The van der Waals surface area contributed by atoms with Crippen LogP contribution in [0.5, 0.6) is 23.0 Å². The number of carbonyl (C=O) groups excluding carboxylic acids is 3. The summed E-state index contributed by atoms with van der Waals surface area (Å²) in [5, 5.41) is 0. The summed E-state index contributed by atoms with van der Waals surface area (Å²) in [6.07, 6.45) is 12.4. The second kappa shape index (κ2) is 16.6. The van der Waals surface area contributed by atoms with Gasteiger partial charge < -0.3 is 33.2 Å². The molecule has 9 heteroatoms. The minimum absolute atomic E-state index is 0. The Bertz CT molecular complexity index is 1730. The molecule has 2 aromatic rings. The summed E-state index contributed by atoms with van der Waals surface area (Å²) in [6, 6.07) is 3.55. The van der Waals surface area contributed by atoms with E-state index in [-0.39, 0.29) is 44.1 Å². The van der Waals surface area contributed by atoms with E-state index in [1.165, 1.54) is 11.1 Å².